The van der Waals surface area contributed by atoms with Gasteiger partial charge >= 0.3 is 12.1 Å². The van der Waals surface area contributed by atoms with Crippen LogP contribution in [0.3, 0.4) is 0 Å². The van der Waals surface area contributed by atoms with Gasteiger partial charge in [-0.2, -0.15) is 18.2 Å². The minimum Gasteiger partial charge on any atom is -0.420 e. The number of carbonyl (C=O) groups is 1. The molecule has 222 valence electrons. The average Bonchev–Trinajstić information content (AvgIpc) is 3.40. The number of pyridine rings is 1. The average molecular weight is 585 g/mol. The lowest BCUT2D eigenvalue weighted by molar-refractivity contribution is -0.189. The van der Waals surface area contributed by atoms with Gasteiger partial charge in [0.25, 0.3) is 0 Å². The number of anilines is 4. The molecule has 10 nitrogen and oxygen atoms in total. The smallest absolute Gasteiger partial charge is 0.420 e. The summed E-state index contributed by atoms with van der Waals surface area (Å²) in [6, 6.07) is 10.00. The fourth-order valence-electron chi connectivity index (χ4n) is 5.62. The van der Waals surface area contributed by atoms with E-state index in [1.54, 1.807) is 18.3 Å². The molecule has 2 unspecified atom stereocenters. The van der Waals surface area contributed by atoms with E-state index in [2.05, 4.69) is 19.5 Å². The highest BCUT2D eigenvalue weighted by Gasteiger charge is 2.41. The van der Waals surface area contributed by atoms with E-state index in [0.29, 0.717) is 56.5 Å². The minimum atomic E-state index is -5.10. The first-order chi connectivity index (χ1) is 20.2. The molecule has 0 bridgehead atoms. The number of fused-ring (bicyclic) bond motifs is 1. The summed E-state index contributed by atoms with van der Waals surface area (Å²) in [6.45, 7) is 8.48. The van der Waals surface area contributed by atoms with Crippen LogP contribution in [-0.2, 0) is 20.7 Å². The van der Waals surface area contributed by atoms with Crippen molar-refractivity contribution in [3.63, 3.8) is 0 Å². The standard InChI is InChI=1S/C29H31F3N6O4/c1-18-16-37(17-19(2)41-18)24-15-21(6-8-33-24)38-9-7-23-25(34-28(35-26(23)38)36-10-12-40-13-11-36)20-4-3-5-22(14-20)42-27(39)29(30,31)32/h3-6,8,14-15,18-19H,7,9-13,16-17H2,1-2H3. The Morgan fingerprint density at radius 1 is 1.00 bits per heavy atom. The number of morpholine rings is 2. The van der Waals surface area contributed by atoms with Crippen molar-refractivity contribution in [1.29, 1.82) is 0 Å². The van der Waals surface area contributed by atoms with E-state index in [1.807, 2.05) is 30.9 Å². The van der Waals surface area contributed by atoms with Crippen molar-refractivity contribution in [2.45, 2.75) is 38.7 Å². The first-order valence-electron chi connectivity index (χ1n) is 13.9. The summed E-state index contributed by atoms with van der Waals surface area (Å²) in [5.41, 5.74) is 2.90. The number of nitrogens with zero attached hydrogens (tertiary/aromatic N) is 6. The predicted molar refractivity (Wildman–Crippen MR) is 149 cm³/mol. The summed E-state index contributed by atoms with van der Waals surface area (Å²) < 4.78 is 54.6. The van der Waals surface area contributed by atoms with E-state index in [4.69, 9.17) is 19.4 Å². The van der Waals surface area contributed by atoms with Crippen LogP contribution in [0.25, 0.3) is 11.3 Å². The lowest BCUT2D eigenvalue weighted by Gasteiger charge is -2.36. The summed E-state index contributed by atoms with van der Waals surface area (Å²) in [7, 11) is 0. The fourth-order valence-corrected chi connectivity index (χ4v) is 5.62. The highest BCUT2D eigenvalue weighted by Crippen LogP contribution is 2.40. The molecule has 0 aliphatic carbocycles. The van der Waals surface area contributed by atoms with Crippen LogP contribution in [0.1, 0.15) is 19.4 Å². The summed E-state index contributed by atoms with van der Waals surface area (Å²) in [6.07, 6.45) is -2.52. The molecule has 2 atom stereocenters. The molecule has 3 aliphatic rings. The van der Waals surface area contributed by atoms with E-state index >= 15 is 0 Å². The second-order valence-corrected chi connectivity index (χ2v) is 10.6. The van der Waals surface area contributed by atoms with Crippen molar-refractivity contribution in [2.24, 2.45) is 0 Å². The van der Waals surface area contributed by atoms with E-state index in [0.717, 1.165) is 36.0 Å². The molecule has 42 heavy (non-hydrogen) atoms. The van der Waals surface area contributed by atoms with Gasteiger partial charge in [-0.05, 0) is 38.5 Å². The Hall–Kier alpha value is -3.97. The quantitative estimate of drug-likeness (QED) is 0.322. The van der Waals surface area contributed by atoms with E-state index in [1.165, 1.54) is 12.1 Å². The van der Waals surface area contributed by atoms with Crippen LogP contribution < -0.4 is 19.4 Å². The lowest BCUT2D eigenvalue weighted by Crippen LogP contribution is -2.45. The molecule has 0 radical (unpaired) electrons. The number of carbonyl (C=O) groups excluding carboxylic acids is 1. The van der Waals surface area contributed by atoms with Crippen LogP contribution in [0.5, 0.6) is 5.75 Å². The second kappa shape index (κ2) is 11.4. The molecule has 0 spiro atoms. The number of hydrogen-bond donors (Lipinski definition) is 0. The largest absolute Gasteiger partial charge is 0.491 e. The zero-order chi connectivity index (χ0) is 29.4. The third kappa shape index (κ3) is 5.84. The van der Waals surface area contributed by atoms with Crippen molar-refractivity contribution in [3.05, 3.63) is 48.2 Å². The number of hydrogen-bond acceptors (Lipinski definition) is 10. The van der Waals surface area contributed by atoms with Crippen LogP contribution in [0, 0.1) is 0 Å². The molecule has 2 fully saturated rings. The van der Waals surface area contributed by atoms with Crippen molar-refractivity contribution < 1.29 is 32.2 Å². The molecule has 13 heteroatoms. The van der Waals surface area contributed by atoms with Crippen LogP contribution >= 0.6 is 0 Å². The molecule has 0 N–H and O–H groups in total. The Morgan fingerprint density at radius 3 is 2.50 bits per heavy atom. The molecular formula is C29H31F3N6O4. The molecule has 6 rings (SSSR count). The third-order valence-electron chi connectivity index (χ3n) is 7.44. The Labute approximate surface area is 241 Å². The molecular weight excluding hydrogens is 553 g/mol. The number of benzene rings is 1. The summed E-state index contributed by atoms with van der Waals surface area (Å²) in [4.78, 5) is 32.4. The van der Waals surface area contributed by atoms with Crippen molar-refractivity contribution >= 4 is 29.2 Å². The molecule has 0 saturated carbocycles. The van der Waals surface area contributed by atoms with E-state index in [-0.39, 0.29) is 18.0 Å². The molecule has 2 saturated heterocycles. The molecule has 3 aliphatic heterocycles. The van der Waals surface area contributed by atoms with Crippen molar-refractivity contribution in [2.75, 3.05) is 60.6 Å². The number of esters is 1. The number of aromatic nitrogens is 3. The Bertz CT molecular complexity index is 1460. The third-order valence-corrected chi connectivity index (χ3v) is 7.44. The van der Waals surface area contributed by atoms with Crippen LogP contribution in [0.2, 0.25) is 0 Å². The summed E-state index contributed by atoms with van der Waals surface area (Å²) in [5, 5.41) is 0. The SMILES string of the molecule is CC1CN(c2cc(N3CCc4c(-c5cccc(OC(=O)C(F)(F)F)c5)nc(N5CCOCC5)nc43)ccn2)CC(C)O1. The topological polar surface area (TPSA) is 93.2 Å². The molecule has 5 heterocycles. The predicted octanol–water partition coefficient (Wildman–Crippen LogP) is 4.15. The van der Waals surface area contributed by atoms with Gasteiger partial charge in [-0.25, -0.2) is 14.8 Å². The maximum Gasteiger partial charge on any atom is 0.491 e. The Balaban J connectivity index is 1.38. The van der Waals surface area contributed by atoms with Gasteiger partial charge in [0.15, 0.2) is 0 Å². The molecule has 3 aromatic rings. The van der Waals surface area contributed by atoms with Crippen LogP contribution in [0.15, 0.2) is 42.6 Å². The molecule has 2 aromatic heterocycles. The van der Waals surface area contributed by atoms with Crippen molar-refractivity contribution in [1.82, 2.24) is 15.0 Å². The first kappa shape index (κ1) is 28.2. The summed E-state index contributed by atoms with van der Waals surface area (Å²) >= 11 is 0. The fraction of sp³-hybridized carbons (Fsp3) is 0.448. The maximum atomic E-state index is 12.9. The van der Waals surface area contributed by atoms with Gasteiger partial charge in [-0.15, -0.1) is 0 Å². The zero-order valence-corrected chi connectivity index (χ0v) is 23.3. The van der Waals surface area contributed by atoms with Gasteiger partial charge in [0.05, 0.1) is 31.1 Å². The highest BCUT2D eigenvalue weighted by molar-refractivity contribution is 5.80. The number of rotatable bonds is 5. The Morgan fingerprint density at radius 2 is 1.76 bits per heavy atom. The lowest BCUT2D eigenvalue weighted by atomic mass is 10.1. The number of halogens is 3. The van der Waals surface area contributed by atoms with Gasteiger partial charge in [0, 0.05) is 61.8 Å². The van der Waals surface area contributed by atoms with E-state index in [9.17, 15) is 18.0 Å². The van der Waals surface area contributed by atoms with E-state index < -0.39 is 12.1 Å². The molecule has 1 aromatic carbocycles. The van der Waals surface area contributed by atoms with Crippen molar-refractivity contribution in [3.8, 4) is 17.0 Å². The van der Waals surface area contributed by atoms with Gasteiger partial charge in [-0.3, -0.25) is 0 Å². The zero-order valence-electron chi connectivity index (χ0n) is 23.3. The summed E-state index contributed by atoms with van der Waals surface area (Å²) in [5.74, 6) is -0.408. The monoisotopic (exact) mass is 584 g/mol. The highest BCUT2D eigenvalue weighted by atomic mass is 19.4. The van der Waals surface area contributed by atoms with Crippen LogP contribution in [0.4, 0.5) is 36.4 Å². The normalized spacial score (nSPS) is 20.9. The minimum absolute atomic E-state index is 0.0873. The van der Waals surface area contributed by atoms with Gasteiger partial charge < -0.3 is 28.9 Å². The van der Waals surface area contributed by atoms with Gasteiger partial charge in [0.2, 0.25) is 5.95 Å². The van der Waals surface area contributed by atoms with Crippen LogP contribution in [-0.4, -0.2) is 85.2 Å². The van der Waals surface area contributed by atoms with Gasteiger partial charge in [0.1, 0.15) is 17.4 Å². The number of alkyl halides is 3. The number of ether oxygens (including phenoxy) is 3. The Kier molecular flexibility index (Phi) is 7.62. The first-order valence-corrected chi connectivity index (χ1v) is 13.9. The molecule has 0 amide bonds. The maximum absolute atomic E-state index is 12.9. The second-order valence-electron chi connectivity index (χ2n) is 10.6. The van der Waals surface area contributed by atoms with Gasteiger partial charge in [-0.1, -0.05) is 12.1 Å².